The number of rotatable bonds is 2. The van der Waals surface area contributed by atoms with Crippen molar-refractivity contribution in [2.45, 2.75) is 31.6 Å². The molecular weight excluding hydrogens is 253 g/mol. The topological polar surface area (TPSA) is 54.7 Å². The van der Waals surface area contributed by atoms with Crippen molar-refractivity contribution in [2.24, 2.45) is 11.8 Å². The molecule has 1 aromatic heterocycles. The Morgan fingerprint density at radius 1 is 1.15 bits per heavy atom. The fourth-order valence-corrected chi connectivity index (χ4v) is 3.98. The standard InChI is InChI=1S/C16H18FN3/c17-12-8-4-3-7-11(12)14-15(19-20-16(14)18)13-9-5-1-2-6-10(9)13/h3-4,7-10,13H,1-2,5-6H2,(H3,18,19,20). The first-order valence-electron chi connectivity index (χ1n) is 7.36. The van der Waals surface area contributed by atoms with Crippen molar-refractivity contribution >= 4 is 5.82 Å². The first-order valence-corrected chi connectivity index (χ1v) is 7.36. The molecule has 2 aliphatic carbocycles. The Bertz CT molecular complexity index is 637. The highest BCUT2D eigenvalue weighted by molar-refractivity contribution is 5.77. The zero-order valence-electron chi connectivity index (χ0n) is 11.3. The van der Waals surface area contributed by atoms with E-state index < -0.39 is 0 Å². The minimum absolute atomic E-state index is 0.231. The van der Waals surface area contributed by atoms with E-state index in [1.165, 1.54) is 31.7 Å². The second-order valence-electron chi connectivity index (χ2n) is 6.02. The first kappa shape index (κ1) is 11.9. The molecule has 2 aromatic rings. The Kier molecular flexibility index (Phi) is 2.59. The van der Waals surface area contributed by atoms with Gasteiger partial charge in [-0.2, -0.15) is 5.10 Å². The first-order chi connectivity index (χ1) is 9.77. The van der Waals surface area contributed by atoms with E-state index in [1.807, 2.05) is 6.07 Å². The predicted molar refractivity (Wildman–Crippen MR) is 76.6 cm³/mol. The molecule has 2 fully saturated rings. The lowest BCUT2D eigenvalue weighted by Crippen LogP contribution is -1.93. The van der Waals surface area contributed by atoms with Crippen LogP contribution in [0.2, 0.25) is 0 Å². The van der Waals surface area contributed by atoms with Gasteiger partial charge < -0.3 is 5.73 Å². The lowest BCUT2D eigenvalue weighted by atomic mass is 10.0. The van der Waals surface area contributed by atoms with Crippen molar-refractivity contribution < 1.29 is 4.39 Å². The third-order valence-electron chi connectivity index (χ3n) is 4.96. The number of aromatic nitrogens is 2. The summed E-state index contributed by atoms with van der Waals surface area (Å²) in [7, 11) is 0. The van der Waals surface area contributed by atoms with Gasteiger partial charge in [-0.3, -0.25) is 5.10 Å². The van der Waals surface area contributed by atoms with Gasteiger partial charge in [0.25, 0.3) is 0 Å². The zero-order valence-corrected chi connectivity index (χ0v) is 11.3. The van der Waals surface area contributed by atoms with E-state index in [-0.39, 0.29) is 5.82 Å². The van der Waals surface area contributed by atoms with Gasteiger partial charge in [-0.05, 0) is 30.7 Å². The van der Waals surface area contributed by atoms with Crippen LogP contribution >= 0.6 is 0 Å². The van der Waals surface area contributed by atoms with E-state index >= 15 is 0 Å². The van der Waals surface area contributed by atoms with Gasteiger partial charge in [0.05, 0.1) is 0 Å². The second kappa shape index (κ2) is 4.33. The number of nitrogen functional groups attached to an aromatic ring is 1. The molecule has 0 radical (unpaired) electrons. The number of H-pyrrole nitrogens is 1. The minimum Gasteiger partial charge on any atom is -0.382 e. The minimum atomic E-state index is -0.231. The molecule has 20 heavy (non-hydrogen) atoms. The number of nitrogens with two attached hydrogens (primary N) is 1. The molecule has 2 atom stereocenters. The van der Waals surface area contributed by atoms with E-state index in [0.717, 1.165) is 23.1 Å². The molecule has 1 aromatic carbocycles. The lowest BCUT2D eigenvalue weighted by Gasteiger charge is -2.05. The smallest absolute Gasteiger partial charge is 0.153 e. The summed E-state index contributed by atoms with van der Waals surface area (Å²) in [4.78, 5) is 0. The maximum Gasteiger partial charge on any atom is 0.153 e. The molecule has 1 heterocycles. The molecule has 3 nitrogen and oxygen atoms in total. The number of benzene rings is 1. The van der Waals surface area contributed by atoms with Crippen LogP contribution in [0.1, 0.15) is 37.3 Å². The van der Waals surface area contributed by atoms with Crippen molar-refractivity contribution in [3.05, 3.63) is 35.8 Å². The Hall–Kier alpha value is -1.84. The van der Waals surface area contributed by atoms with Crippen LogP contribution in [-0.2, 0) is 0 Å². The average Bonchev–Trinajstić information content (AvgIpc) is 3.08. The number of hydrogen-bond acceptors (Lipinski definition) is 2. The molecule has 0 amide bonds. The molecule has 0 saturated heterocycles. The summed E-state index contributed by atoms with van der Waals surface area (Å²) in [5.41, 5.74) is 8.38. The largest absolute Gasteiger partial charge is 0.382 e. The molecule has 0 spiro atoms. The van der Waals surface area contributed by atoms with Gasteiger partial charge in [-0.1, -0.05) is 31.0 Å². The van der Waals surface area contributed by atoms with E-state index in [1.54, 1.807) is 12.1 Å². The number of halogens is 1. The quantitative estimate of drug-likeness (QED) is 0.875. The molecular formula is C16H18FN3. The van der Waals surface area contributed by atoms with E-state index in [0.29, 0.717) is 17.3 Å². The van der Waals surface area contributed by atoms with Crippen molar-refractivity contribution in [3.63, 3.8) is 0 Å². The Balaban J connectivity index is 1.78. The van der Waals surface area contributed by atoms with Gasteiger partial charge >= 0.3 is 0 Å². The Labute approximate surface area is 117 Å². The number of fused-ring (bicyclic) bond motifs is 1. The molecule has 3 N–H and O–H groups in total. The molecule has 0 aliphatic heterocycles. The van der Waals surface area contributed by atoms with Crippen LogP contribution in [0.25, 0.3) is 11.1 Å². The van der Waals surface area contributed by atoms with Crippen LogP contribution in [0.3, 0.4) is 0 Å². The molecule has 0 bridgehead atoms. The monoisotopic (exact) mass is 271 g/mol. The third-order valence-corrected chi connectivity index (χ3v) is 4.96. The van der Waals surface area contributed by atoms with Gasteiger partial charge in [0.2, 0.25) is 0 Å². The average molecular weight is 271 g/mol. The molecule has 104 valence electrons. The Morgan fingerprint density at radius 2 is 1.85 bits per heavy atom. The van der Waals surface area contributed by atoms with Crippen molar-refractivity contribution in [1.82, 2.24) is 10.2 Å². The SMILES string of the molecule is Nc1n[nH]c(C2C3CCCCC32)c1-c1ccccc1F. The van der Waals surface area contributed by atoms with Gasteiger partial charge in [0, 0.05) is 22.7 Å². The molecule has 4 rings (SSSR count). The Morgan fingerprint density at radius 3 is 2.55 bits per heavy atom. The van der Waals surface area contributed by atoms with Crippen molar-refractivity contribution in [3.8, 4) is 11.1 Å². The lowest BCUT2D eigenvalue weighted by molar-refractivity contribution is 0.480. The number of nitrogens with zero attached hydrogens (tertiary/aromatic N) is 1. The van der Waals surface area contributed by atoms with Crippen LogP contribution in [0, 0.1) is 17.7 Å². The van der Waals surface area contributed by atoms with E-state index in [4.69, 9.17) is 5.73 Å². The van der Waals surface area contributed by atoms with Gasteiger partial charge in [-0.25, -0.2) is 4.39 Å². The molecule has 2 saturated carbocycles. The van der Waals surface area contributed by atoms with Crippen molar-refractivity contribution in [1.29, 1.82) is 0 Å². The van der Waals surface area contributed by atoms with E-state index in [2.05, 4.69) is 10.2 Å². The molecule has 2 unspecified atom stereocenters. The summed E-state index contributed by atoms with van der Waals surface area (Å²) in [6.45, 7) is 0. The van der Waals surface area contributed by atoms with E-state index in [9.17, 15) is 4.39 Å². The second-order valence-corrected chi connectivity index (χ2v) is 6.02. The summed E-state index contributed by atoms with van der Waals surface area (Å²) < 4.78 is 14.1. The summed E-state index contributed by atoms with van der Waals surface area (Å²) >= 11 is 0. The normalized spacial score (nSPS) is 28.1. The van der Waals surface area contributed by atoms with Crippen LogP contribution in [-0.4, -0.2) is 10.2 Å². The summed E-state index contributed by atoms with van der Waals surface area (Å²) in [5.74, 6) is 2.17. The summed E-state index contributed by atoms with van der Waals surface area (Å²) in [6.07, 6.45) is 5.20. The van der Waals surface area contributed by atoms with Gasteiger partial charge in [-0.15, -0.1) is 0 Å². The number of aromatic amines is 1. The highest BCUT2D eigenvalue weighted by Crippen LogP contribution is 2.62. The van der Waals surface area contributed by atoms with Crippen LogP contribution in [0.4, 0.5) is 10.2 Å². The van der Waals surface area contributed by atoms with Crippen LogP contribution < -0.4 is 5.73 Å². The van der Waals surface area contributed by atoms with Gasteiger partial charge in [0.1, 0.15) is 5.82 Å². The highest BCUT2D eigenvalue weighted by atomic mass is 19.1. The number of anilines is 1. The third kappa shape index (κ3) is 1.67. The molecule has 2 aliphatic rings. The summed E-state index contributed by atoms with van der Waals surface area (Å²) in [6, 6.07) is 6.80. The van der Waals surface area contributed by atoms with Crippen molar-refractivity contribution in [2.75, 3.05) is 5.73 Å². The number of nitrogens with one attached hydrogen (secondary N) is 1. The maximum absolute atomic E-state index is 14.1. The fraction of sp³-hybridized carbons (Fsp3) is 0.438. The van der Waals surface area contributed by atoms with Gasteiger partial charge in [0.15, 0.2) is 5.82 Å². The number of hydrogen-bond donors (Lipinski definition) is 2. The van der Waals surface area contributed by atoms with Crippen LogP contribution in [0.15, 0.2) is 24.3 Å². The summed E-state index contributed by atoms with van der Waals surface area (Å²) in [5, 5.41) is 7.22. The highest BCUT2D eigenvalue weighted by Gasteiger charge is 2.53. The van der Waals surface area contributed by atoms with Crippen LogP contribution in [0.5, 0.6) is 0 Å². The molecule has 4 heteroatoms. The fourth-order valence-electron chi connectivity index (χ4n) is 3.98. The predicted octanol–water partition coefficient (Wildman–Crippen LogP) is 3.70. The zero-order chi connectivity index (χ0) is 13.7. The maximum atomic E-state index is 14.1.